The summed E-state index contributed by atoms with van der Waals surface area (Å²) in [6, 6.07) is 9.99. The minimum absolute atomic E-state index is 0.0684. The van der Waals surface area contributed by atoms with Crippen molar-refractivity contribution in [1.29, 1.82) is 0 Å². The maximum absolute atomic E-state index is 13.1. The van der Waals surface area contributed by atoms with Crippen LogP contribution in [-0.2, 0) is 9.53 Å². The third-order valence-electron chi connectivity index (χ3n) is 6.85. The van der Waals surface area contributed by atoms with Crippen molar-refractivity contribution < 1.29 is 19.4 Å². The first-order valence-corrected chi connectivity index (χ1v) is 13.7. The maximum atomic E-state index is 13.1. The van der Waals surface area contributed by atoms with Crippen LogP contribution in [-0.4, -0.2) is 67.0 Å². The molecule has 0 saturated carbocycles. The first-order valence-electron chi connectivity index (χ1n) is 13.4. The lowest BCUT2D eigenvalue weighted by molar-refractivity contribution is -0.117. The van der Waals surface area contributed by atoms with Gasteiger partial charge >= 0.3 is 6.09 Å². The number of carbonyl (C=O) groups excluding carboxylic acids is 2. The predicted molar refractivity (Wildman–Crippen MR) is 157 cm³/mol. The Morgan fingerprint density at radius 2 is 2.07 bits per heavy atom. The molecule has 0 fully saturated rings. The van der Waals surface area contributed by atoms with E-state index in [4.69, 9.17) is 21.3 Å². The number of aliphatic hydroxyl groups excluding tert-OH is 1. The fourth-order valence-electron chi connectivity index (χ4n) is 4.76. The van der Waals surface area contributed by atoms with E-state index in [0.29, 0.717) is 52.0 Å². The van der Waals surface area contributed by atoms with Gasteiger partial charge in [0.15, 0.2) is 0 Å². The molecule has 0 spiro atoms. The Hall–Kier alpha value is -4.75. The molecule has 1 aliphatic rings. The summed E-state index contributed by atoms with van der Waals surface area (Å²) in [6.07, 6.45) is 8.70. The number of nitrogens with zero attached hydrogens (tertiary/aromatic N) is 5. The third-order valence-corrected chi connectivity index (χ3v) is 7.08. The number of methoxy groups -OCH3 is 1. The normalized spacial score (nSPS) is 16.9. The van der Waals surface area contributed by atoms with Crippen molar-refractivity contribution in [2.45, 2.75) is 37.8 Å². The summed E-state index contributed by atoms with van der Waals surface area (Å²) in [4.78, 5) is 32.9. The SMILES string of the molecule is COC(=O)Nc1ccc2c(c1)N[C@@H](CO)CCCC[C@H](NC(=O)C=Cc1cc(Cl)ccc1-n1cnnn1)c1nc-2c[nH]1. The number of carbonyl (C=O) groups is 2. The Morgan fingerprint density at radius 3 is 2.86 bits per heavy atom. The van der Waals surface area contributed by atoms with Gasteiger partial charge < -0.3 is 25.5 Å². The number of halogens is 1. The largest absolute Gasteiger partial charge is 0.453 e. The summed E-state index contributed by atoms with van der Waals surface area (Å²) < 4.78 is 6.20. The number of hydrogen-bond donors (Lipinski definition) is 5. The van der Waals surface area contributed by atoms with Crippen LogP contribution in [0.1, 0.15) is 43.1 Å². The van der Waals surface area contributed by atoms with Crippen LogP contribution in [0.2, 0.25) is 5.02 Å². The van der Waals surface area contributed by atoms with Crippen LogP contribution in [0.4, 0.5) is 16.2 Å². The van der Waals surface area contributed by atoms with E-state index in [9.17, 15) is 14.7 Å². The maximum Gasteiger partial charge on any atom is 0.411 e. The number of ether oxygens (including phenoxy) is 1. The average molecular weight is 592 g/mol. The lowest BCUT2D eigenvalue weighted by atomic mass is 10.0. The minimum atomic E-state index is -0.585. The number of hydrogen-bond acceptors (Lipinski definition) is 9. The molecule has 2 aromatic carbocycles. The Bertz CT molecular complexity index is 1570. The van der Waals surface area contributed by atoms with Crippen molar-refractivity contribution in [3.05, 3.63) is 71.4 Å². The molecule has 42 heavy (non-hydrogen) atoms. The number of aromatic amines is 1. The van der Waals surface area contributed by atoms with E-state index in [2.05, 4.69) is 36.5 Å². The molecule has 0 aliphatic carbocycles. The van der Waals surface area contributed by atoms with Crippen molar-refractivity contribution in [2.24, 2.45) is 0 Å². The van der Waals surface area contributed by atoms with Gasteiger partial charge in [-0.3, -0.25) is 10.1 Å². The number of rotatable bonds is 6. The molecule has 5 rings (SSSR count). The Morgan fingerprint density at radius 1 is 1.21 bits per heavy atom. The number of aromatic nitrogens is 6. The zero-order chi connectivity index (χ0) is 29.5. The molecule has 13 nitrogen and oxygen atoms in total. The highest BCUT2D eigenvalue weighted by Gasteiger charge is 2.21. The van der Waals surface area contributed by atoms with Crippen LogP contribution in [0.25, 0.3) is 23.0 Å². The van der Waals surface area contributed by atoms with Gasteiger partial charge in [-0.15, -0.1) is 5.10 Å². The number of amides is 2. The lowest BCUT2D eigenvalue weighted by Gasteiger charge is -2.22. The van der Waals surface area contributed by atoms with Gasteiger partial charge in [0.2, 0.25) is 5.91 Å². The number of fused-ring (bicyclic) bond motifs is 4. The van der Waals surface area contributed by atoms with Crippen molar-refractivity contribution in [2.75, 3.05) is 24.4 Å². The van der Waals surface area contributed by atoms with E-state index < -0.39 is 6.09 Å². The standard InChI is InChI=1S/C28H30ClN9O4/c1-42-28(41)33-19-8-9-21-23(13-19)32-20(15-39)4-2-3-5-22(27-30-14-24(21)35-27)34-26(40)11-6-17-12-18(29)7-10-25(17)38-16-31-36-37-38/h6-14,16,20,22,32,39H,2-5,15H2,1H3,(H,30,35)(H,33,41)(H,34,40)/t20-,22+/m1/s1. The molecule has 2 aromatic heterocycles. The smallest absolute Gasteiger partial charge is 0.411 e. The van der Waals surface area contributed by atoms with Crippen molar-refractivity contribution in [3.8, 4) is 16.9 Å². The minimum Gasteiger partial charge on any atom is -0.453 e. The first kappa shape index (κ1) is 28.8. The van der Waals surface area contributed by atoms with Crippen LogP contribution in [0.5, 0.6) is 0 Å². The quantitative estimate of drug-likeness (QED) is 0.207. The fourth-order valence-corrected chi connectivity index (χ4v) is 4.94. The predicted octanol–water partition coefficient (Wildman–Crippen LogP) is 4.10. The lowest BCUT2D eigenvalue weighted by Crippen LogP contribution is -2.28. The van der Waals surface area contributed by atoms with E-state index in [0.717, 1.165) is 18.4 Å². The third kappa shape index (κ3) is 6.93. The number of anilines is 2. The molecule has 2 bridgehead atoms. The van der Waals surface area contributed by atoms with E-state index in [-0.39, 0.29) is 24.6 Å². The van der Waals surface area contributed by atoms with Crippen LogP contribution >= 0.6 is 11.6 Å². The molecule has 1 aliphatic heterocycles. The summed E-state index contributed by atoms with van der Waals surface area (Å²) in [5.41, 5.74) is 4.00. The molecule has 3 heterocycles. The molecule has 14 heteroatoms. The molecular formula is C28H30ClN9O4. The topological polar surface area (TPSA) is 172 Å². The van der Waals surface area contributed by atoms with E-state index in [1.165, 1.54) is 24.2 Å². The summed E-state index contributed by atoms with van der Waals surface area (Å²) in [5.74, 6) is 0.312. The van der Waals surface area contributed by atoms with E-state index >= 15 is 0 Å². The highest BCUT2D eigenvalue weighted by molar-refractivity contribution is 6.30. The Kier molecular flexibility index (Phi) is 9.09. The van der Waals surface area contributed by atoms with Gasteiger partial charge in [-0.05, 0) is 65.7 Å². The second-order valence-corrected chi connectivity index (χ2v) is 10.1. The van der Waals surface area contributed by atoms with Gasteiger partial charge in [0.05, 0.1) is 31.1 Å². The molecule has 0 radical (unpaired) electrons. The van der Waals surface area contributed by atoms with E-state index in [1.807, 2.05) is 6.07 Å². The molecule has 218 valence electrons. The van der Waals surface area contributed by atoms with Crippen molar-refractivity contribution in [3.63, 3.8) is 0 Å². The number of aliphatic hydroxyl groups is 1. The average Bonchev–Trinajstić information content (AvgIpc) is 3.70. The molecule has 2 amide bonds. The second kappa shape index (κ2) is 13.3. The van der Waals surface area contributed by atoms with Gasteiger partial charge in [0, 0.05) is 45.8 Å². The van der Waals surface area contributed by atoms with E-state index in [1.54, 1.807) is 42.6 Å². The zero-order valence-corrected chi connectivity index (χ0v) is 23.5. The van der Waals surface area contributed by atoms with Crippen LogP contribution in [0.3, 0.4) is 0 Å². The van der Waals surface area contributed by atoms with Gasteiger partial charge in [0.25, 0.3) is 0 Å². The highest BCUT2D eigenvalue weighted by atomic mass is 35.5. The molecule has 5 N–H and O–H groups in total. The monoisotopic (exact) mass is 591 g/mol. The summed E-state index contributed by atoms with van der Waals surface area (Å²) >= 11 is 6.20. The van der Waals surface area contributed by atoms with Crippen LogP contribution in [0.15, 0.2) is 55.0 Å². The number of H-pyrrole nitrogens is 1. The summed E-state index contributed by atoms with van der Waals surface area (Å²) in [7, 11) is 1.30. The highest BCUT2D eigenvalue weighted by Crippen LogP contribution is 2.33. The van der Waals surface area contributed by atoms with Crippen LogP contribution < -0.4 is 16.0 Å². The fraction of sp³-hybridized carbons (Fsp3) is 0.286. The number of benzene rings is 2. The van der Waals surface area contributed by atoms with Gasteiger partial charge in [0.1, 0.15) is 12.2 Å². The summed E-state index contributed by atoms with van der Waals surface area (Å²) in [5, 5.41) is 30.9. The molecule has 4 aromatic rings. The van der Waals surface area contributed by atoms with Crippen molar-refractivity contribution >= 4 is 41.1 Å². The van der Waals surface area contributed by atoms with Gasteiger partial charge in [-0.25, -0.2) is 9.78 Å². The zero-order valence-electron chi connectivity index (χ0n) is 22.7. The molecule has 2 atom stereocenters. The Labute approximate surface area is 246 Å². The Balaban J connectivity index is 1.39. The van der Waals surface area contributed by atoms with Gasteiger partial charge in [-0.2, -0.15) is 4.68 Å². The summed E-state index contributed by atoms with van der Waals surface area (Å²) in [6.45, 7) is -0.0684. The molecule has 0 unspecified atom stereocenters. The number of tetrazole rings is 1. The molecule has 0 saturated heterocycles. The number of nitrogens with one attached hydrogen (secondary N) is 4. The number of imidazole rings is 1. The van der Waals surface area contributed by atoms with Crippen molar-refractivity contribution in [1.82, 2.24) is 35.5 Å². The van der Waals surface area contributed by atoms with Crippen LogP contribution in [0, 0.1) is 0 Å². The first-order chi connectivity index (χ1) is 20.4. The second-order valence-electron chi connectivity index (χ2n) is 9.71. The molecular weight excluding hydrogens is 562 g/mol. The van der Waals surface area contributed by atoms with Gasteiger partial charge in [-0.1, -0.05) is 24.4 Å².